The number of hydrogen-bond donors (Lipinski definition) is 2. The Morgan fingerprint density at radius 3 is 3.17 bits per heavy atom. The molecule has 0 radical (unpaired) electrons. The molecule has 2 heterocycles. The molecule has 1 aromatic heterocycles. The molecule has 2 N–H and O–H groups in total. The van der Waals surface area contributed by atoms with Crippen molar-refractivity contribution in [3.63, 3.8) is 0 Å². The van der Waals surface area contributed by atoms with Crippen molar-refractivity contribution in [2.45, 2.75) is 12.8 Å². The Morgan fingerprint density at radius 2 is 2.33 bits per heavy atom. The smallest absolute Gasteiger partial charge is 0.122 e. The fraction of sp³-hybridized carbons (Fsp3) is 0.308. The summed E-state index contributed by atoms with van der Waals surface area (Å²) in [7, 11) is 0. The van der Waals surface area contributed by atoms with Crippen molar-refractivity contribution in [3.05, 3.63) is 34.2 Å². The van der Waals surface area contributed by atoms with Crippen LogP contribution >= 0.6 is 15.9 Å². The van der Waals surface area contributed by atoms with Crippen LogP contribution in [0, 0.1) is 0 Å². The number of fused-ring (bicyclic) bond motifs is 1. The first-order valence-electron chi connectivity index (χ1n) is 5.89. The van der Waals surface area contributed by atoms with Crippen LogP contribution in [0.1, 0.15) is 11.4 Å². The SMILES string of the molecule is OCCc1nc(-c2ccc3c(c2)CCO3)c(Br)[nH]1. The zero-order chi connectivity index (χ0) is 12.5. The minimum absolute atomic E-state index is 0.0947. The second kappa shape index (κ2) is 4.74. The molecule has 0 saturated carbocycles. The number of nitrogens with zero attached hydrogens (tertiary/aromatic N) is 1. The van der Waals surface area contributed by atoms with Crippen molar-refractivity contribution in [2.24, 2.45) is 0 Å². The van der Waals surface area contributed by atoms with Gasteiger partial charge in [-0.05, 0) is 39.7 Å². The summed E-state index contributed by atoms with van der Waals surface area (Å²) in [4.78, 5) is 7.62. The zero-order valence-corrected chi connectivity index (χ0v) is 11.3. The largest absolute Gasteiger partial charge is 0.493 e. The molecule has 0 fully saturated rings. The molecule has 1 aromatic carbocycles. The minimum atomic E-state index is 0.0947. The molecule has 94 valence electrons. The third-order valence-electron chi connectivity index (χ3n) is 3.02. The highest BCUT2D eigenvalue weighted by Crippen LogP contribution is 2.32. The highest BCUT2D eigenvalue weighted by molar-refractivity contribution is 9.10. The molecule has 0 amide bonds. The number of benzene rings is 1. The monoisotopic (exact) mass is 308 g/mol. The van der Waals surface area contributed by atoms with Crippen molar-refractivity contribution in [1.29, 1.82) is 0 Å². The predicted octanol–water partition coefficient (Wildman–Crippen LogP) is 2.31. The standard InChI is InChI=1S/C13H13BrN2O2/c14-13-12(15-11(16-13)3-5-17)9-1-2-10-8(7-9)4-6-18-10/h1-2,7,17H,3-6H2,(H,15,16). The second-order valence-corrected chi connectivity index (χ2v) is 5.03. The summed E-state index contributed by atoms with van der Waals surface area (Å²) in [5, 5.41) is 8.93. The van der Waals surface area contributed by atoms with Gasteiger partial charge in [-0.25, -0.2) is 4.98 Å². The Labute approximate surface area is 113 Å². The molecule has 0 unspecified atom stereocenters. The van der Waals surface area contributed by atoms with Gasteiger partial charge in [-0.3, -0.25) is 0 Å². The quantitative estimate of drug-likeness (QED) is 0.915. The normalized spacial score (nSPS) is 13.4. The highest BCUT2D eigenvalue weighted by atomic mass is 79.9. The summed E-state index contributed by atoms with van der Waals surface area (Å²) in [6.07, 6.45) is 1.49. The number of nitrogens with one attached hydrogen (secondary N) is 1. The van der Waals surface area contributed by atoms with E-state index in [2.05, 4.69) is 32.0 Å². The number of imidazole rings is 1. The summed E-state index contributed by atoms with van der Waals surface area (Å²) < 4.78 is 6.34. The molecule has 3 rings (SSSR count). The van der Waals surface area contributed by atoms with Crippen molar-refractivity contribution < 1.29 is 9.84 Å². The van der Waals surface area contributed by atoms with Gasteiger partial charge in [0.15, 0.2) is 0 Å². The van der Waals surface area contributed by atoms with E-state index in [1.165, 1.54) is 5.56 Å². The summed E-state index contributed by atoms with van der Waals surface area (Å²) in [6.45, 7) is 0.855. The topological polar surface area (TPSA) is 58.1 Å². The van der Waals surface area contributed by atoms with Crippen LogP contribution in [0.3, 0.4) is 0 Å². The number of aromatic amines is 1. The first-order chi connectivity index (χ1) is 8.78. The van der Waals surface area contributed by atoms with Gasteiger partial charge in [0.25, 0.3) is 0 Å². The van der Waals surface area contributed by atoms with Gasteiger partial charge in [0.05, 0.1) is 13.2 Å². The van der Waals surface area contributed by atoms with E-state index in [-0.39, 0.29) is 6.61 Å². The van der Waals surface area contributed by atoms with E-state index in [0.717, 1.165) is 40.5 Å². The van der Waals surface area contributed by atoms with Crippen LogP contribution in [0.2, 0.25) is 0 Å². The molecule has 0 saturated heterocycles. The second-order valence-electron chi connectivity index (χ2n) is 4.24. The summed E-state index contributed by atoms with van der Waals surface area (Å²) in [5.41, 5.74) is 3.17. The zero-order valence-electron chi connectivity index (χ0n) is 9.74. The fourth-order valence-corrected chi connectivity index (χ4v) is 2.69. The van der Waals surface area contributed by atoms with Gasteiger partial charge < -0.3 is 14.8 Å². The average molecular weight is 309 g/mol. The number of aromatic nitrogens is 2. The van der Waals surface area contributed by atoms with E-state index in [1.54, 1.807) is 0 Å². The van der Waals surface area contributed by atoms with Crippen LogP contribution in [0.4, 0.5) is 0 Å². The number of ether oxygens (including phenoxy) is 1. The summed E-state index contributed by atoms with van der Waals surface area (Å²) >= 11 is 3.47. The number of halogens is 1. The molecule has 1 aliphatic rings. The highest BCUT2D eigenvalue weighted by Gasteiger charge is 2.15. The van der Waals surface area contributed by atoms with Crippen molar-refractivity contribution >= 4 is 15.9 Å². The third-order valence-corrected chi connectivity index (χ3v) is 3.59. The summed E-state index contributed by atoms with van der Waals surface area (Å²) in [5.74, 6) is 1.76. The Balaban J connectivity index is 1.99. The van der Waals surface area contributed by atoms with Crippen molar-refractivity contribution in [3.8, 4) is 17.0 Å². The van der Waals surface area contributed by atoms with E-state index in [0.29, 0.717) is 6.42 Å². The maximum Gasteiger partial charge on any atom is 0.122 e. The third kappa shape index (κ3) is 2.04. The average Bonchev–Trinajstić information content (AvgIpc) is 2.95. The molecule has 0 bridgehead atoms. The Hall–Kier alpha value is -1.33. The van der Waals surface area contributed by atoms with Crippen molar-refractivity contribution in [1.82, 2.24) is 9.97 Å². The molecule has 0 atom stereocenters. The number of rotatable bonds is 3. The Morgan fingerprint density at radius 1 is 1.44 bits per heavy atom. The van der Waals surface area contributed by atoms with E-state index in [9.17, 15) is 0 Å². The lowest BCUT2D eigenvalue weighted by Crippen LogP contribution is -1.92. The minimum Gasteiger partial charge on any atom is -0.493 e. The molecular formula is C13H13BrN2O2. The van der Waals surface area contributed by atoms with Gasteiger partial charge in [-0.1, -0.05) is 0 Å². The van der Waals surface area contributed by atoms with Gasteiger partial charge in [-0.15, -0.1) is 0 Å². The van der Waals surface area contributed by atoms with Crippen LogP contribution < -0.4 is 4.74 Å². The van der Waals surface area contributed by atoms with E-state index in [1.807, 2.05) is 12.1 Å². The number of aliphatic hydroxyl groups is 1. The molecule has 0 aliphatic carbocycles. The Kier molecular flexibility index (Phi) is 3.09. The van der Waals surface area contributed by atoms with Gasteiger partial charge >= 0.3 is 0 Å². The van der Waals surface area contributed by atoms with Crippen LogP contribution in [-0.4, -0.2) is 28.3 Å². The first kappa shape index (κ1) is 11.7. The van der Waals surface area contributed by atoms with Gasteiger partial charge in [-0.2, -0.15) is 0 Å². The lowest BCUT2D eigenvalue weighted by Gasteiger charge is -2.02. The predicted molar refractivity (Wildman–Crippen MR) is 71.7 cm³/mol. The van der Waals surface area contributed by atoms with Crippen LogP contribution in [0.25, 0.3) is 11.3 Å². The first-order valence-corrected chi connectivity index (χ1v) is 6.68. The number of hydrogen-bond acceptors (Lipinski definition) is 3. The number of H-pyrrole nitrogens is 1. The summed E-state index contributed by atoms with van der Waals surface area (Å²) in [6, 6.07) is 6.12. The van der Waals surface area contributed by atoms with Crippen LogP contribution in [0.15, 0.2) is 22.8 Å². The maximum atomic E-state index is 8.93. The van der Waals surface area contributed by atoms with Gasteiger partial charge in [0, 0.05) is 18.4 Å². The Bertz CT molecular complexity index is 580. The molecule has 18 heavy (non-hydrogen) atoms. The van der Waals surface area contributed by atoms with Crippen molar-refractivity contribution in [2.75, 3.05) is 13.2 Å². The van der Waals surface area contributed by atoms with Crippen LogP contribution in [-0.2, 0) is 12.8 Å². The van der Waals surface area contributed by atoms with E-state index < -0.39 is 0 Å². The lowest BCUT2D eigenvalue weighted by molar-refractivity contribution is 0.297. The maximum absolute atomic E-state index is 8.93. The van der Waals surface area contributed by atoms with Crippen LogP contribution in [0.5, 0.6) is 5.75 Å². The molecule has 5 heteroatoms. The molecule has 4 nitrogen and oxygen atoms in total. The molecule has 0 spiro atoms. The van der Waals surface area contributed by atoms with E-state index >= 15 is 0 Å². The number of aliphatic hydroxyl groups excluding tert-OH is 1. The molecule has 1 aliphatic heterocycles. The fourth-order valence-electron chi connectivity index (χ4n) is 2.15. The molecule has 2 aromatic rings. The lowest BCUT2D eigenvalue weighted by atomic mass is 10.1. The molecular weight excluding hydrogens is 296 g/mol. The van der Waals surface area contributed by atoms with Gasteiger partial charge in [0.1, 0.15) is 21.9 Å². The van der Waals surface area contributed by atoms with E-state index in [4.69, 9.17) is 9.84 Å². The van der Waals surface area contributed by atoms with Gasteiger partial charge in [0.2, 0.25) is 0 Å².